The van der Waals surface area contributed by atoms with Crippen molar-refractivity contribution in [3.8, 4) is 0 Å². The Morgan fingerprint density at radius 3 is 3.00 bits per heavy atom. The number of rotatable bonds is 0. The molecule has 0 unspecified atom stereocenters. The van der Waals surface area contributed by atoms with E-state index in [1.807, 2.05) is 0 Å². The molecule has 0 aliphatic carbocycles. The Morgan fingerprint density at radius 1 is 1.45 bits per heavy atom. The third-order valence-corrected chi connectivity index (χ3v) is 2.29. The number of fused-ring (bicyclic) bond motifs is 1. The zero-order valence-corrected chi connectivity index (χ0v) is 7.56. The number of nitrogens with zero attached hydrogens (tertiary/aromatic N) is 4. The maximum Gasteiger partial charge on any atom is 0.191 e. The van der Waals surface area contributed by atoms with Gasteiger partial charge in [0.15, 0.2) is 11.5 Å². The number of nitrogen functional groups attached to an aromatic ring is 1. The van der Waals surface area contributed by atoms with Gasteiger partial charge in [-0.2, -0.15) is 5.10 Å². The number of aromatic nitrogens is 4. The van der Waals surface area contributed by atoms with Gasteiger partial charge in [-0.3, -0.25) is 0 Å². The lowest BCUT2D eigenvalue weighted by Crippen LogP contribution is -1.94. The van der Waals surface area contributed by atoms with Crippen LogP contribution in [-0.2, 0) is 0 Å². The molecule has 6 heteroatoms. The molecule has 2 N–H and O–H groups in total. The molecule has 0 saturated heterocycles. The topological polar surface area (TPSA) is 69.1 Å². The molecule has 0 aromatic carbocycles. The largest absolute Gasteiger partial charge is 0.381 e. The van der Waals surface area contributed by atoms with Crippen LogP contribution >= 0.6 is 22.6 Å². The van der Waals surface area contributed by atoms with E-state index in [-0.39, 0.29) is 0 Å². The molecule has 0 bridgehead atoms. The molecule has 2 rings (SSSR count). The van der Waals surface area contributed by atoms with Crippen molar-refractivity contribution in [2.45, 2.75) is 0 Å². The first-order valence-electron chi connectivity index (χ1n) is 2.90. The molecule has 2 aromatic rings. The fraction of sp³-hybridized carbons (Fsp3) is 0. The summed E-state index contributed by atoms with van der Waals surface area (Å²) < 4.78 is 2.26. The highest BCUT2D eigenvalue weighted by Crippen LogP contribution is 2.15. The Morgan fingerprint density at radius 2 is 2.27 bits per heavy atom. The first-order chi connectivity index (χ1) is 5.29. The van der Waals surface area contributed by atoms with E-state index in [1.54, 1.807) is 12.4 Å². The minimum atomic E-state index is 0.469. The fourth-order valence-corrected chi connectivity index (χ4v) is 1.24. The Balaban J connectivity index is 2.92. The summed E-state index contributed by atoms with van der Waals surface area (Å²) in [6, 6.07) is 0. The number of anilines is 1. The molecular formula is C5H4IN5. The van der Waals surface area contributed by atoms with Crippen molar-refractivity contribution in [3.05, 3.63) is 16.0 Å². The van der Waals surface area contributed by atoms with E-state index in [0.717, 1.165) is 3.57 Å². The summed E-state index contributed by atoms with van der Waals surface area (Å²) in [5.41, 5.74) is 6.23. The van der Waals surface area contributed by atoms with E-state index >= 15 is 0 Å². The second kappa shape index (κ2) is 2.29. The maximum absolute atomic E-state index is 5.53. The lowest BCUT2D eigenvalue weighted by molar-refractivity contribution is 0.786. The van der Waals surface area contributed by atoms with Crippen LogP contribution in [0.3, 0.4) is 0 Å². The zero-order valence-electron chi connectivity index (χ0n) is 5.40. The van der Waals surface area contributed by atoms with Crippen molar-refractivity contribution in [3.63, 3.8) is 0 Å². The normalized spacial score (nSPS) is 10.6. The number of nitrogens with two attached hydrogens (primary N) is 1. The van der Waals surface area contributed by atoms with Crippen LogP contribution < -0.4 is 5.73 Å². The van der Waals surface area contributed by atoms with Gasteiger partial charge in [0.25, 0.3) is 0 Å². The molecule has 0 saturated carbocycles. The Kier molecular flexibility index (Phi) is 1.41. The molecule has 0 aliphatic heterocycles. The van der Waals surface area contributed by atoms with Gasteiger partial charge in [-0.15, -0.1) is 9.73 Å². The summed E-state index contributed by atoms with van der Waals surface area (Å²) >= 11 is 2.09. The van der Waals surface area contributed by atoms with Crippen LogP contribution in [0.25, 0.3) is 5.65 Å². The molecule has 2 heterocycles. The molecule has 11 heavy (non-hydrogen) atoms. The van der Waals surface area contributed by atoms with E-state index in [9.17, 15) is 0 Å². The average molecular weight is 261 g/mol. The van der Waals surface area contributed by atoms with Gasteiger partial charge < -0.3 is 5.73 Å². The quantitative estimate of drug-likeness (QED) is 0.693. The third kappa shape index (κ3) is 0.934. The summed E-state index contributed by atoms with van der Waals surface area (Å²) in [7, 11) is 0. The van der Waals surface area contributed by atoms with Gasteiger partial charge >= 0.3 is 0 Å². The summed E-state index contributed by atoms with van der Waals surface area (Å²) in [6.45, 7) is 0. The molecule has 0 fully saturated rings. The average Bonchev–Trinajstić information content (AvgIpc) is 2.30. The van der Waals surface area contributed by atoms with Crippen molar-refractivity contribution in [2.24, 2.45) is 0 Å². The molecule has 0 aliphatic rings. The molecule has 0 amide bonds. The summed E-state index contributed by atoms with van der Waals surface area (Å²) in [5, 5.41) is 7.85. The fourth-order valence-electron chi connectivity index (χ4n) is 0.781. The molecule has 0 radical (unpaired) electrons. The second-order valence-electron chi connectivity index (χ2n) is 1.95. The number of halogens is 1. The molecule has 0 atom stereocenters. The minimum absolute atomic E-state index is 0.469. The van der Waals surface area contributed by atoms with E-state index in [4.69, 9.17) is 5.73 Å². The van der Waals surface area contributed by atoms with Gasteiger partial charge in [-0.25, -0.2) is 4.98 Å². The Hall–Kier alpha value is -0.920. The van der Waals surface area contributed by atoms with Crippen molar-refractivity contribution >= 4 is 34.1 Å². The Bertz CT molecular complexity index is 395. The highest BCUT2D eigenvalue weighted by molar-refractivity contribution is 14.1. The van der Waals surface area contributed by atoms with Gasteiger partial charge in [0, 0.05) is 6.20 Å². The van der Waals surface area contributed by atoms with Gasteiger partial charge in [-0.1, -0.05) is 0 Å². The van der Waals surface area contributed by atoms with Crippen LogP contribution in [0.1, 0.15) is 0 Å². The van der Waals surface area contributed by atoms with Crippen LogP contribution in [0.2, 0.25) is 0 Å². The van der Waals surface area contributed by atoms with E-state index in [2.05, 4.69) is 37.8 Å². The highest BCUT2D eigenvalue weighted by Gasteiger charge is 2.06. The third-order valence-electron chi connectivity index (χ3n) is 1.25. The first kappa shape index (κ1) is 6.77. The standard InChI is InChI=1S/C5H4IN5/c6-3-4(7)10-11-5(3)8-1-2-9-11/h1-2H,(H2,7,10). The van der Waals surface area contributed by atoms with E-state index in [1.165, 1.54) is 4.63 Å². The Labute approximate surface area is 75.7 Å². The van der Waals surface area contributed by atoms with Crippen LogP contribution in [0.4, 0.5) is 5.82 Å². The second-order valence-corrected chi connectivity index (χ2v) is 3.03. The molecule has 5 nitrogen and oxygen atoms in total. The van der Waals surface area contributed by atoms with Crippen LogP contribution in [0, 0.1) is 3.57 Å². The van der Waals surface area contributed by atoms with Crippen LogP contribution in [0.5, 0.6) is 0 Å². The van der Waals surface area contributed by atoms with Gasteiger partial charge in [0.1, 0.15) is 3.57 Å². The molecular weight excluding hydrogens is 257 g/mol. The van der Waals surface area contributed by atoms with Gasteiger partial charge in [0.05, 0.1) is 6.20 Å². The minimum Gasteiger partial charge on any atom is -0.381 e. The number of hydrogen-bond donors (Lipinski definition) is 1. The van der Waals surface area contributed by atoms with Crippen LogP contribution in [-0.4, -0.2) is 19.8 Å². The monoisotopic (exact) mass is 261 g/mol. The summed E-state index contributed by atoms with van der Waals surface area (Å²) in [6.07, 6.45) is 3.17. The van der Waals surface area contributed by atoms with Crippen LogP contribution in [0.15, 0.2) is 12.4 Å². The lowest BCUT2D eigenvalue weighted by Gasteiger charge is -1.85. The van der Waals surface area contributed by atoms with Crippen molar-refractivity contribution in [1.29, 1.82) is 0 Å². The smallest absolute Gasteiger partial charge is 0.191 e. The van der Waals surface area contributed by atoms with Crippen molar-refractivity contribution < 1.29 is 0 Å². The summed E-state index contributed by atoms with van der Waals surface area (Å²) in [5.74, 6) is 0.469. The SMILES string of the molecule is Nc1nn2nccnc2c1I. The van der Waals surface area contributed by atoms with Gasteiger partial charge in [-0.05, 0) is 22.6 Å². The predicted octanol–water partition coefficient (Wildman–Crippen LogP) is 0.311. The predicted molar refractivity (Wildman–Crippen MR) is 47.9 cm³/mol. The van der Waals surface area contributed by atoms with Gasteiger partial charge in [0.2, 0.25) is 0 Å². The summed E-state index contributed by atoms with van der Waals surface area (Å²) in [4.78, 5) is 4.05. The first-order valence-corrected chi connectivity index (χ1v) is 3.98. The highest BCUT2D eigenvalue weighted by atomic mass is 127. The maximum atomic E-state index is 5.53. The molecule has 56 valence electrons. The number of hydrogen-bond acceptors (Lipinski definition) is 4. The van der Waals surface area contributed by atoms with E-state index < -0.39 is 0 Å². The molecule has 0 spiro atoms. The lowest BCUT2D eigenvalue weighted by atomic mass is 10.6. The van der Waals surface area contributed by atoms with Crippen molar-refractivity contribution in [2.75, 3.05) is 5.73 Å². The molecule has 2 aromatic heterocycles. The van der Waals surface area contributed by atoms with E-state index in [0.29, 0.717) is 11.5 Å². The zero-order chi connectivity index (χ0) is 7.84. The van der Waals surface area contributed by atoms with Crippen molar-refractivity contribution in [1.82, 2.24) is 19.8 Å².